The average molecular weight is 340 g/mol. The summed E-state index contributed by atoms with van der Waals surface area (Å²) >= 11 is 0. The molecule has 2 aliphatic heterocycles. The Morgan fingerprint density at radius 1 is 1.43 bits per heavy atom. The lowest BCUT2D eigenvalue weighted by Crippen LogP contribution is -2.67. The standard InChI is InChI=1S/C16H24N2O4S/c1-13(2)23(19,20)18-11-16(12-18)9-15(6-8-22-16)21-10-14-5-3-4-7-17-14/h3-5,7,13,15H,6,8-12H2,1-2H3/t15-/m1/s1. The highest BCUT2D eigenvalue weighted by Crippen LogP contribution is 2.37. The monoisotopic (exact) mass is 340 g/mol. The van der Waals surface area contributed by atoms with E-state index < -0.39 is 10.0 Å². The van der Waals surface area contributed by atoms with E-state index in [1.54, 1.807) is 20.0 Å². The van der Waals surface area contributed by atoms with E-state index >= 15 is 0 Å². The Bertz CT molecular complexity index is 627. The molecular weight excluding hydrogens is 316 g/mol. The van der Waals surface area contributed by atoms with E-state index in [0.717, 1.165) is 18.5 Å². The first kappa shape index (κ1) is 16.8. The van der Waals surface area contributed by atoms with Crippen molar-refractivity contribution in [3.8, 4) is 0 Å². The highest BCUT2D eigenvalue weighted by Gasteiger charge is 2.52. The van der Waals surface area contributed by atoms with Gasteiger partial charge < -0.3 is 9.47 Å². The molecule has 3 rings (SSSR count). The second-order valence-electron chi connectivity index (χ2n) is 6.64. The van der Waals surface area contributed by atoms with Crippen molar-refractivity contribution in [3.05, 3.63) is 30.1 Å². The fourth-order valence-electron chi connectivity index (χ4n) is 3.11. The van der Waals surface area contributed by atoms with Crippen LogP contribution in [-0.4, -0.2) is 54.4 Å². The number of hydrogen-bond acceptors (Lipinski definition) is 5. The van der Waals surface area contributed by atoms with Crippen molar-refractivity contribution in [3.63, 3.8) is 0 Å². The second kappa shape index (κ2) is 6.47. The van der Waals surface area contributed by atoms with Gasteiger partial charge in [-0.15, -0.1) is 0 Å². The number of rotatable bonds is 5. The summed E-state index contributed by atoms with van der Waals surface area (Å²) in [6, 6.07) is 5.76. The number of hydrogen-bond donors (Lipinski definition) is 0. The van der Waals surface area contributed by atoms with E-state index in [9.17, 15) is 8.42 Å². The van der Waals surface area contributed by atoms with Crippen LogP contribution in [0.1, 0.15) is 32.4 Å². The maximum absolute atomic E-state index is 12.2. The minimum Gasteiger partial charge on any atom is -0.372 e. The van der Waals surface area contributed by atoms with Crippen LogP contribution in [0.4, 0.5) is 0 Å². The Morgan fingerprint density at radius 3 is 2.87 bits per heavy atom. The Kier molecular flexibility index (Phi) is 4.73. The van der Waals surface area contributed by atoms with Gasteiger partial charge in [0.2, 0.25) is 10.0 Å². The van der Waals surface area contributed by atoms with Crippen molar-refractivity contribution in [2.45, 2.75) is 50.3 Å². The number of aromatic nitrogens is 1. The first-order valence-corrected chi connectivity index (χ1v) is 9.56. The molecular formula is C16H24N2O4S. The van der Waals surface area contributed by atoms with E-state index in [4.69, 9.17) is 9.47 Å². The predicted molar refractivity (Wildman–Crippen MR) is 86.4 cm³/mol. The van der Waals surface area contributed by atoms with E-state index in [1.165, 1.54) is 4.31 Å². The molecule has 128 valence electrons. The molecule has 7 heteroatoms. The van der Waals surface area contributed by atoms with Gasteiger partial charge >= 0.3 is 0 Å². The largest absolute Gasteiger partial charge is 0.372 e. The highest BCUT2D eigenvalue weighted by molar-refractivity contribution is 7.89. The summed E-state index contributed by atoms with van der Waals surface area (Å²) < 4.78 is 37.7. The van der Waals surface area contributed by atoms with Crippen molar-refractivity contribution in [2.24, 2.45) is 0 Å². The first-order valence-electron chi connectivity index (χ1n) is 8.06. The molecule has 1 atom stereocenters. The molecule has 0 bridgehead atoms. The van der Waals surface area contributed by atoms with Crippen molar-refractivity contribution in [1.29, 1.82) is 0 Å². The quantitative estimate of drug-likeness (QED) is 0.814. The summed E-state index contributed by atoms with van der Waals surface area (Å²) in [4.78, 5) is 4.25. The van der Waals surface area contributed by atoms with Gasteiger partial charge in [0.25, 0.3) is 0 Å². The molecule has 0 saturated carbocycles. The minimum atomic E-state index is -3.19. The molecule has 1 aromatic rings. The molecule has 3 heterocycles. The topological polar surface area (TPSA) is 68.7 Å². The Morgan fingerprint density at radius 2 is 2.22 bits per heavy atom. The molecule has 1 spiro atoms. The lowest BCUT2D eigenvalue weighted by molar-refractivity contribution is -0.180. The number of pyridine rings is 1. The van der Waals surface area contributed by atoms with Gasteiger partial charge in [0.15, 0.2) is 0 Å². The Balaban J connectivity index is 1.54. The fraction of sp³-hybridized carbons (Fsp3) is 0.688. The summed E-state index contributed by atoms with van der Waals surface area (Å²) in [7, 11) is -3.19. The van der Waals surface area contributed by atoms with Gasteiger partial charge in [0, 0.05) is 32.3 Å². The summed E-state index contributed by atoms with van der Waals surface area (Å²) in [5.41, 5.74) is 0.542. The fourth-order valence-corrected chi connectivity index (χ4v) is 4.53. The zero-order valence-corrected chi connectivity index (χ0v) is 14.5. The lowest BCUT2D eigenvalue weighted by atomic mass is 9.86. The molecule has 0 unspecified atom stereocenters. The molecule has 0 aromatic carbocycles. The zero-order chi connectivity index (χ0) is 16.5. The van der Waals surface area contributed by atoms with Crippen molar-refractivity contribution >= 4 is 10.0 Å². The molecule has 2 saturated heterocycles. The molecule has 2 fully saturated rings. The van der Waals surface area contributed by atoms with Crippen molar-refractivity contribution < 1.29 is 17.9 Å². The van der Waals surface area contributed by atoms with Gasteiger partial charge in [-0.1, -0.05) is 6.07 Å². The van der Waals surface area contributed by atoms with Crippen LogP contribution in [0, 0.1) is 0 Å². The Labute approximate surface area is 137 Å². The van der Waals surface area contributed by atoms with E-state index in [1.807, 2.05) is 18.2 Å². The highest BCUT2D eigenvalue weighted by atomic mass is 32.2. The SMILES string of the molecule is CC(C)S(=O)(=O)N1CC2(C[C@H](OCc3ccccn3)CCO2)C1. The summed E-state index contributed by atoms with van der Waals surface area (Å²) in [6.07, 6.45) is 3.43. The number of ether oxygens (including phenoxy) is 2. The molecule has 23 heavy (non-hydrogen) atoms. The third-order valence-electron chi connectivity index (χ3n) is 4.53. The summed E-state index contributed by atoms with van der Waals surface area (Å²) in [5, 5.41) is -0.389. The molecule has 0 N–H and O–H groups in total. The minimum absolute atomic E-state index is 0.0923. The van der Waals surface area contributed by atoms with Gasteiger partial charge in [-0.3, -0.25) is 4.98 Å². The van der Waals surface area contributed by atoms with E-state index in [2.05, 4.69) is 4.98 Å². The van der Waals surface area contributed by atoms with Crippen LogP contribution in [0.25, 0.3) is 0 Å². The average Bonchev–Trinajstić information content (AvgIpc) is 2.51. The van der Waals surface area contributed by atoms with Crippen LogP contribution in [0.15, 0.2) is 24.4 Å². The van der Waals surface area contributed by atoms with Gasteiger partial charge in [-0.25, -0.2) is 8.42 Å². The summed E-state index contributed by atoms with van der Waals surface area (Å²) in [5.74, 6) is 0. The van der Waals surface area contributed by atoms with Crippen LogP contribution >= 0.6 is 0 Å². The molecule has 1 aromatic heterocycles. The molecule has 2 aliphatic rings. The van der Waals surface area contributed by atoms with Gasteiger partial charge in [-0.05, 0) is 32.4 Å². The van der Waals surface area contributed by atoms with Crippen LogP contribution in [-0.2, 0) is 26.1 Å². The normalized spacial score (nSPS) is 24.7. The van der Waals surface area contributed by atoms with Gasteiger partial charge in [0.05, 0.1) is 29.3 Å². The maximum atomic E-state index is 12.2. The first-order chi connectivity index (χ1) is 10.9. The van der Waals surface area contributed by atoms with E-state index in [-0.39, 0.29) is 17.0 Å². The molecule has 0 radical (unpaired) electrons. The number of sulfonamides is 1. The Hall–Kier alpha value is -1.02. The third kappa shape index (κ3) is 3.57. The molecule has 0 aliphatic carbocycles. The molecule has 0 amide bonds. The van der Waals surface area contributed by atoms with Crippen molar-refractivity contribution in [1.82, 2.24) is 9.29 Å². The number of nitrogens with zero attached hydrogens (tertiary/aromatic N) is 2. The molecule has 6 nitrogen and oxygen atoms in total. The van der Waals surface area contributed by atoms with Crippen LogP contribution in [0.5, 0.6) is 0 Å². The van der Waals surface area contributed by atoms with Gasteiger partial charge in [-0.2, -0.15) is 4.31 Å². The van der Waals surface area contributed by atoms with Crippen LogP contribution < -0.4 is 0 Å². The van der Waals surface area contributed by atoms with Crippen molar-refractivity contribution in [2.75, 3.05) is 19.7 Å². The van der Waals surface area contributed by atoms with E-state index in [0.29, 0.717) is 26.3 Å². The predicted octanol–water partition coefficient (Wildman–Crippen LogP) is 1.57. The third-order valence-corrected chi connectivity index (χ3v) is 6.69. The smallest absolute Gasteiger partial charge is 0.216 e. The summed E-state index contributed by atoms with van der Waals surface area (Å²) in [6.45, 7) is 5.40. The lowest BCUT2D eigenvalue weighted by Gasteiger charge is -2.52. The second-order valence-corrected chi connectivity index (χ2v) is 9.13. The van der Waals surface area contributed by atoms with Crippen LogP contribution in [0.2, 0.25) is 0 Å². The van der Waals surface area contributed by atoms with Gasteiger partial charge in [0.1, 0.15) is 0 Å². The zero-order valence-electron chi connectivity index (χ0n) is 13.6. The van der Waals surface area contributed by atoms with Crippen LogP contribution in [0.3, 0.4) is 0 Å². The maximum Gasteiger partial charge on any atom is 0.216 e.